The topological polar surface area (TPSA) is 172 Å². The van der Waals surface area contributed by atoms with Gasteiger partial charge in [0.1, 0.15) is 12.6 Å². The minimum absolute atomic E-state index is 0.167. The molecule has 0 aliphatic rings. The van der Waals surface area contributed by atoms with E-state index in [4.69, 9.17) is 24.8 Å². The third kappa shape index (κ3) is 25.9. The van der Waals surface area contributed by atoms with Crippen molar-refractivity contribution < 1.29 is 47.5 Å². The van der Waals surface area contributed by atoms with Crippen LogP contribution in [0.15, 0.2) is 0 Å². The van der Waals surface area contributed by atoms with Crippen LogP contribution in [0.25, 0.3) is 0 Å². The van der Waals surface area contributed by atoms with Gasteiger partial charge in [0.2, 0.25) is 0 Å². The molecular weight excluding hydrogens is 553 g/mol. The Hall–Kier alpha value is -1.52. The molecule has 0 radical (unpaired) electrons. The molecule has 0 spiro atoms. The highest BCUT2D eigenvalue weighted by atomic mass is 31.2. The van der Waals surface area contributed by atoms with Gasteiger partial charge in [0, 0.05) is 12.8 Å². The number of aliphatic carboxylic acids is 1. The summed E-state index contributed by atoms with van der Waals surface area (Å²) in [7, 11) is -4.68. The van der Waals surface area contributed by atoms with Crippen LogP contribution in [0.2, 0.25) is 0 Å². The second kappa shape index (κ2) is 26.1. The molecule has 41 heavy (non-hydrogen) atoms. The first-order valence-corrected chi connectivity index (χ1v) is 17.1. The lowest BCUT2D eigenvalue weighted by atomic mass is 10.0. The summed E-state index contributed by atoms with van der Waals surface area (Å²) in [5.41, 5.74) is 5.27. The van der Waals surface area contributed by atoms with Gasteiger partial charge in [-0.3, -0.25) is 23.4 Å². The molecule has 242 valence electrons. The number of carboxylic acid groups (broad SMARTS) is 1. The molecule has 0 fully saturated rings. The van der Waals surface area contributed by atoms with Gasteiger partial charge in [-0.25, -0.2) is 4.57 Å². The number of nitrogens with two attached hydrogens (primary N) is 1. The standard InChI is InChI=1S/C29H56NO10P/c1-3-5-7-9-10-11-12-13-14-15-16-17-19-21-28(32)40-25(22-37-27(31)20-18-8-6-4-2)23-38-41(35,36)39-24-26(30)29(33)34/h25-26H,3-24,30H2,1-2H3,(H,33,34)(H,35,36)/t25-,26+/m0/s1. The molecule has 0 bridgehead atoms. The summed E-state index contributed by atoms with van der Waals surface area (Å²) in [6.07, 6.45) is 18.2. The Morgan fingerprint density at radius 1 is 0.659 bits per heavy atom. The van der Waals surface area contributed by atoms with Gasteiger partial charge in [-0.1, -0.05) is 110 Å². The molecule has 0 aliphatic heterocycles. The number of hydrogen-bond acceptors (Lipinski definition) is 9. The van der Waals surface area contributed by atoms with E-state index in [0.29, 0.717) is 12.8 Å². The molecule has 12 heteroatoms. The number of carbonyl (C=O) groups excluding carboxylic acids is 2. The summed E-state index contributed by atoms with van der Waals surface area (Å²) in [4.78, 5) is 45.0. The first kappa shape index (κ1) is 39.5. The zero-order valence-electron chi connectivity index (χ0n) is 25.4. The van der Waals surface area contributed by atoms with Gasteiger partial charge in [0.25, 0.3) is 0 Å². The molecule has 0 saturated carbocycles. The molecule has 11 nitrogen and oxygen atoms in total. The van der Waals surface area contributed by atoms with Crippen LogP contribution in [-0.2, 0) is 37.5 Å². The third-order valence-corrected chi connectivity index (χ3v) is 7.56. The molecule has 1 unspecified atom stereocenters. The highest BCUT2D eigenvalue weighted by molar-refractivity contribution is 7.47. The van der Waals surface area contributed by atoms with Crippen LogP contribution in [0.3, 0.4) is 0 Å². The predicted molar refractivity (Wildman–Crippen MR) is 157 cm³/mol. The Balaban J connectivity index is 4.40. The number of ether oxygens (including phenoxy) is 2. The largest absolute Gasteiger partial charge is 0.480 e. The van der Waals surface area contributed by atoms with Crippen molar-refractivity contribution in [1.82, 2.24) is 0 Å². The van der Waals surface area contributed by atoms with Gasteiger partial charge >= 0.3 is 25.7 Å². The second-order valence-electron chi connectivity index (χ2n) is 10.6. The smallest absolute Gasteiger partial charge is 0.472 e. The summed E-state index contributed by atoms with van der Waals surface area (Å²) in [6.45, 7) is 2.62. The van der Waals surface area contributed by atoms with E-state index in [0.717, 1.165) is 38.5 Å². The molecule has 0 aromatic carbocycles. The van der Waals surface area contributed by atoms with E-state index in [-0.39, 0.29) is 19.4 Å². The Kier molecular flexibility index (Phi) is 25.2. The van der Waals surface area contributed by atoms with Crippen LogP contribution in [0.5, 0.6) is 0 Å². The normalized spacial score (nSPS) is 14.2. The maximum absolute atomic E-state index is 12.4. The van der Waals surface area contributed by atoms with Gasteiger partial charge in [-0.15, -0.1) is 0 Å². The van der Waals surface area contributed by atoms with Crippen LogP contribution in [0.1, 0.15) is 136 Å². The van der Waals surface area contributed by atoms with E-state index in [1.807, 2.05) is 0 Å². The molecule has 0 amide bonds. The first-order chi connectivity index (χ1) is 19.6. The fourth-order valence-corrected chi connectivity index (χ4v) is 4.84. The van der Waals surface area contributed by atoms with Crippen LogP contribution in [0, 0.1) is 0 Å². The predicted octanol–water partition coefficient (Wildman–Crippen LogP) is 6.44. The molecule has 4 N–H and O–H groups in total. The van der Waals surface area contributed by atoms with E-state index in [2.05, 4.69) is 18.4 Å². The van der Waals surface area contributed by atoms with Crippen molar-refractivity contribution in [2.75, 3.05) is 19.8 Å². The van der Waals surface area contributed by atoms with Crippen LogP contribution >= 0.6 is 7.82 Å². The molecular formula is C29H56NO10P. The van der Waals surface area contributed by atoms with E-state index in [1.165, 1.54) is 57.8 Å². The zero-order valence-corrected chi connectivity index (χ0v) is 26.3. The van der Waals surface area contributed by atoms with Crippen molar-refractivity contribution in [1.29, 1.82) is 0 Å². The maximum atomic E-state index is 12.4. The molecule has 0 heterocycles. The number of unbranched alkanes of at least 4 members (excludes halogenated alkanes) is 15. The summed E-state index contributed by atoms with van der Waals surface area (Å²) >= 11 is 0. The Morgan fingerprint density at radius 3 is 1.56 bits per heavy atom. The van der Waals surface area contributed by atoms with Gasteiger partial charge in [0.15, 0.2) is 6.10 Å². The van der Waals surface area contributed by atoms with E-state index in [9.17, 15) is 23.8 Å². The number of carbonyl (C=O) groups is 3. The molecule has 0 aliphatic carbocycles. The van der Waals surface area contributed by atoms with E-state index < -0.39 is 51.1 Å². The second-order valence-corrected chi connectivity index (χ2v) is 12.1. The Bertz CT molecular complexity index is 736. The average Bonchev–Trinajstić information content (AvgIpc) is 2.93. The summed E-state index contributed by atoms with van der Waals surface area (Å²) < 4.78 is 32.1. The number of carboxylic acids is 1. The Labute approximate surface area is 246 Å². The molecule has 0 aromatic heterocycles. The minimum atomic E-state index is -4.68. The van der Waals surface area contributed by atoms with Gasteiger partial charge in [-0.2, -0.15) is 0 Å². The fraction of sp³-hybridized carbons (Fsp3) is 0.897. The lowest BCUT2D eigenvalue weighted by Crippen LogP contribution is -2.34. The monoisotopic (exact) mass is 609 g/mol. The number of hydrogen-bond donors (Lipinski definition) is 3. The lowest BCUT2D eigenvalue weighted by molar-refractivity contribution is -0.161. The van der Waals surface area contributed by atoms with E-state index >= 15 is 0 Å². The van der Waals surface area contributed by atoms with Crippen LogP contribution in [-0.4, -0.2) is 59.9 Å². The van der Waals surface area contributed by atoms with E-state index in [1.54, 1.807) is 0 Å². The maximum Gasteiger partial charge on any atom is 0.472 e. The molecule has 0 saturated heterocycles. The Morgan fingerprint density at radius 2 is 1.07 bits per heavy atom. The van der Waals surface area contributed by atoms with Gasteiger partial charge in [0.05, 0.1) is 13.2 Å². The number of phosphoric ester groups is 1. The average molecular weight is 610 g/mol. The van der Waals surface area contributed by atoms with Crippen molar-refractivity contribution in [3.63, 3.8) is 0 Å². The molecule has 0 aromatic rings. The van der Waals surface area contributed by atoms with Crippen molar-refractivity contribution >= 4 is 25.7 Å². The van der Waals surface area contributed by atoms with Gasteiger partial charge in [-0.05, 0) is 12.8 Å². The number of rotatable bonds is 29. The number of phosphoric acid groups is 1. The highest BCUT2D eigenvalue weighted by Crippen LogP contribution is 2.43. The van der Waals surface area contributed by atoms with Crippen molar-refractivity contribution in [2.45, 2.75) is 148 Å². The summed E-state index contributed by atoms with van der Waals surface area (Å²) in [6, 6.07) is -1.51. The van der Waals surface area contributed by atoms with Crippen molar-refractivity contribution in [3.05, 3.63) is 0 Å². The molecule has 3 atom stereocenters. The van der Waals surface area contributed by atoms with Crippen molar-refractivity contribution in [2.24, 2.45) is 5.73 Å². The first-order valence-electron chi connectivity index (χ1n) is 15.6. The van der Waals surface area contributed by atoms with Gasteiger partial charge < -0.3 is 25.2 Å². The zero-order chi connectivity index (χ0) is 30.8. The highest BCUT2D eigenvalue weighted by Gasteiger charge is 2.28. The van der Waals surface area contributed by atoms with Crippen molar-refractivity contribution in [3.8, 4) is 0 Å². The fourth-order valence-electron chi connectivity index (χ4n) is 4.06. The quantitative estimate of drug-likeness (QED) is 0.0484. The number of esters is 2. The SMILES string of the molecule is CCCCCCCCCCCCCCCC(=O)O[C@@H](COC(=O)CCCCCC)COP(=O)(O)OC[C@@H](N)C(=O)O. The molecule has 0 rings (SSSR count). The van der Waals surface area contributed by atoms with Crippen LogP contribution in [0.4, 0.5) is 0 Å². The summed E-state index contributed by atoms with van der Waals surface area (Å²) in [5, 5.41) is 8.78. The third-order valence-electron chi connectivity index (χ3n) is 6.61. The minimum Gasteiger partial charge on any atom is -0.480 e. The summed E-state index contributed by atoms with van der Waals surface area (Å²) in [5.74, 6) is -2.40. The lowest BCUT2D eigenvalue weighted by Gasteiger charge is -2.20. The van der Waals surface area contributed by atoms with Crippen LogP contribution < -0.4 is 5.73 Å².